The molecular weight excluding hydrogens is 300 g/mol. The van der Waals surface area contributed by atoms with Crippen LogP contribution in [0.3, 0.4) is 0 Å². The molecule has 0 amide bonds. The zero-order valence-electron chi connectivity index (χ0n) is 12.0. The van der Waals surface area contributed by atoms with Crippen LogP contribution in [0.2, 0.25) is 0 Å². The molecule has 0 aromatic heterocycles. The van der Waals surface area contributed by atoms with E-state index in [1.54, 1.807) is 0 Å². The van der Waals surface area contributed by atoms with Crippen LogP contribution in [0.25, 0.3) is 0 Å². The summed E-state index contributed by atoms with van der Waals surface area (Å²) in [5, 5.41) is 2.07. The monoisotopic (exact) mass is 313 g/mol. The minimum Gasteiger partial charge on any atom is -0.205 e. The van der Waals surface area contributed by atoms with Gasteiger partial charge >= 0.3 is 0 Å². The van der Waals surface area contributed by atoms with Crippen molar-refractivity contribution in [1.29, 1.82) is 0 Å². The van der Waals surface area contributed by atoms with Gasteiger partial charge < -0.3 is 0 Å². The maximum absolute atomic E-state index is 13.8. The van der Waals surface area contributed by atoms with Gasteiger partial charge in [-0.25, -0.2) is 8.78 Å². The second-order valence-electron chi connectivity index (χ2n) is 4.68. The fourth-order valence-corrected chi connectivity index (χ4v) is 2.08. The number of hydrogen-bond donors (Lipinski definition) is 0. The summed E-state index contributed by atoms with van der Waals surface area (Å²) >= 11 is 4.41. The molecule has 0 aliphatic rings. The molecule has 110 valence electrons. The summed E-state index contributed by atoms with van der Waals surface area (Å²) in [5.41, 5.74) is 1.73. The Bertz CT molecular complexity index is 756. The first-order valence-corrected chi connectivity index (χ1v) is 7.22. The fourth-order valence-electron chi connectivity index (χ4n) is 1.97. The molecule has 2 aromatic rings. The van der Waals surface area contributed by atoms with E-state index in [-0.39, 0.29) is 11.3 Å². The number of rotatable bonds is 3. The first kappa shape index (κ1) is 16.0. The van der Waals surface area contributed by atoms with Gasteiger partial charge in [0, 0.05) is 17.7 Å². The number of hydrogen-bond acceptors (Lipinski definition) is 2. The van der Waals surface area contributed by atoms with Gasteiger partial charge in [-0.1, -0.05) is 37.3 Å². The van der Waals surface area contributed by atoms with Crippen molar-refractivity contribution in [3.63, 3.8) is 0 Å². The highest BCUT2D eigenvalue weighted by Crippen LogP contribution is 2.20. The third-order valence-corrected chi connectivity index (χ3v) is 3.12. The lowest BCUT2D eigenvalue weighted by molar-refractivity contribution is 0.578. The predicted octanol–water partition coefficient (Wildman–Crippen LogP) is 5.05. The molecule has 0 saturated carbocycles. The zero-order chi connectivity index (χ0) is 15.9. The second-order valence-corrected chi connectivity index (χ2v) is 4.87. The molecule has 0 fully saturated rings. The molecule has 4 heteroatoms. The standard InChI is InChI=1S/C18H13F2NS/c1-2-3-13-4-6-14(7-5-13)8-9-16-17(19)10-15(21-12-22)11-18(16)20/h4-7,10-11H,2-3H2,1H3. The van der Waals surface area contributed by atoms with Crippen molar-refractivity contribution in [1.82, 2.24) is 0 Å². The van der Waals surface area contributed by atoms with E-state index in [9.17, 15) is 8.78 Å². The molecular formula is C18H13F2NS. The van der Waals surface area contributed by atoms with Crippen molar-refractivity contribution in [2.24, 2.45) is 4.99 Å². The van der Waals surface area contributed by atoms with E-state index in [0.717, 1.165) is 25.0 Å². The van der Waals surface area contributed by atoms with Crippen LogP contribution in [-0.4, -0.2) is 5.16 Å². The Morgan fingerprint density at radius 2 is 1.68 bits per heavy atom. The topological polar surface area (TPSA) is 12.4 Å². The highest BCUT2D eigenvalue weighted by Gasteiger charge is 2.08. The van der Waals surface area contributed by atoms with Gasteiger partial charge in [-0.05, 0) is 36.3 Å². The molecule has 0 unspecified atom stereocenters. The predicted molar refractivity (Wildman–Crippen MR) is 87.5 cm³/mol. The summed E-state index contributed by atoms with van der Waals surface area (Å²) in [7, 11) is 0. The Hall–Kier alpha value is -2.34. The molecule has 0 saturated heterocycles. The lowest BCUT2D eigenvalue weighted by Gasteiger charge is -1.99. The van der Waals surface area contributed by atoms with Crippen LogP contribution >= 0.6 is 12.2 Å². The quantitative estimate of drug-likeness (QED) is 0.439. The third kappa shape index (κ3) is 4.08. The van der Waals surface area contributed by atoms with Crippen LogP contribution in [0.5, 0.6) is 0 Å². The molecule has 0 spiro atoms. The van der Waals surface area contributed by atoms with Gasteiger partial charge in [0.15, 0.2) is 0 Å². The molecule has 1 nitrogen and oxygen atoms in total. The third-order valence-electron chi connectivity index (χ3n) is 3.03. The number of halogens is 2. The molecule has 0 aliphatic heterocycles. The van der Waals surface area contributed by atoms with Crippen LogP contribution in [-0.2, 0) is 6.42 Å². The Kier molecular flexibility index (Phi) is 5.55. The number of aryl methyl sites for hydroxylation is 1. The minimum atomic E-state index is -0.765. The van der Waals surface area contributed by atoms with Crippen LogP contribution in [0, 0.1) is 23.5 Å². The Balaban J connectivity index is 2.29. The van der Waals surface area contributed by atoms with Crippen molar-refractivity contribution in [2.45, 2.75) is 19.8 Å². The van der Waals surface area contributed by atoms with E-state index in [1.807, 2.05) is 24.3 Å². The zero-order valence-corrected chi connectivity index (χ0v) is 12.8. The van der Waals surface area contributed by atoms with Crippen molar-refractivity contribution >= 4 is 23.1 Å². The summed E-state index contributed by atoms with van der Waals surface area (Å²) in [5.74, 6) is 3.77. The van der Waals surface area contributed by atoms with Crippen LogP contribution < -0.4 is 0 Å². The fraction of sp³-hybridized carbons (Fsp3) is 0.167. The van der Waals surface area contributed by atoms with E-state index in [2.05, 4.69) is 41.1 Å². The number of thiocarbonyl (C=S) groups is 1. The van der Waals surface area contributed by atoms with Gasteiger partial charge in [-0.3, -0.25) is 0 Å². The van der Waals surface area contributed by atoms with Crippen molar-refractivity contribution in [2.75, 3.05) is 0 Å². The molecule has 2 aromatic carbocycles. The lowest BCUT2D eigenvalue weighted by atomic mass is 10.1. The van der Waals surface area contributed by atoms with Gasteiger partial charge in [0.2, 0.25) is 0 Å². The van der Waals surface area contributed by atoms with Gasteiger partial charge in [0.05, 0.1) is 16.4 Å². The highest BCUT2D eigenvalue weighted by atomic mass is 32.1. The molecule has 0 bridgehead atoms. The summed E-state index contributed by atoms with van der Waals surface area (Å²) in [4.78, 5) is 3.55. The summed E-state index contributed by atoms with van der Waals surface area (Å²) in [6, 6.07) is 9.79. The molecule has 0 radical (unpaired) electrons. The Morgan fingerprint density at radius 3 is 2.23 bits per heavy atom. The Morgan fingerprint density at radius 1 is 1.05 bits per heavy atom. The van der Waals surface area contributed by atoms with Crippen LogP contribution in [0.1, 0.15) is 30.0 Å². The summed E-state index contributed by atoms with van der Waals surface area (Å²) < 4.78 is 27.7. The van der Waals surface area contributed by atoms with E-state index in [1.165, 1.54) is 5.56 Å². The average Bonchev–Trinajstić information content (AvgIpc) is 2.49. The van der Waals surface area contributed by atoms with Crippen molar-refractivity contribution < 1.29 is 8.78 Å². The average molecular weight is 313 g/mol. The number of benzene rings is 2. The number of aliphatic imine (C=N–C) groups is 1. The van der Waals surface area contributed by atoms with E-state index >= 15 is 0 Å². The number of isothiocyanates is 1. The first-order valence-electron chi connectivity index (χ1n) is 6.82. The van der Waals surface area contributed by atoms with Gasteiger partial charge in [-0.2, -0.15) is 4.99 Å². The van der Waals surface area contributed by atoms with Gasteiger partial charge in [0.25, 0.3) is 0 Å². The molecule has 0 N–H and O–H groups in total. The summed E-state index contributed by atoms with van der Waals surface area (Å²) in [6.07, 6.45) is 2.07. The SMILES string of the molecule is CCCc1ccc(C#Cc2c(F)cc(N=C=S)cc2F)cc1. The molecule has 0 aliphatic carbocycles. The normalized spacial score (nSPS) is 9.59. The minimum absolute atomic E-state index is 0.0828. The van der Waals surface area contributed by atoms with Crippen LogP contribution in [0.15, 0.2) is 41.4 Å². The molecule has 22 heavy (non-hydrogen) atoms. The van der Waals surface area contributed by atoms with Gasteiger partial charge in [-0.15, -0.1) is 0 Å². The first-order chi connectivity index (χ1) is 10.6. The maximum atomic E-state index is 13.8. The summed E-state index contributed by atoms with van der Waals surface area (Å²) in [6.45, 7) is 2.11. The second kappa shape index (κ2) is 7.61. The molecule has 0 heterocycles. The van der Waals surface area contributed by atoms with E-state index in [4.69, 9.17) is 0 Å². The Labute approximate surface area is 133 Å². The number of nitrogens with zero attached hydrogens (tertiary/aromatic N) is 1. The van der Waals surface area contributed by atoms with Crippen molar-refractivity contribution in [3.05, 3.63) is 64.7 Å². The van der Waals surface area contributed by atoms with Crippen LogP contribution in [0.4, 0.5) is 14.5 Å². The lowest BCUT2D eigenvalue weighted by Crippen LogP contribution is -1.90. The largest absolute Gasteiger partial charge is 0.205 e. The highest BCUT2D eigenvalue weighted by molar-refractivity contribution is 7.78. The van der Waals surface area contributed by atoms with E-state index < -0.39 is 11.6 Å². The smallest absolute Gasteiger partial charge is 0.143 e. The van der Waals surface area contributed by atoms with Crippen molar-refractivity contribution in [3.8, 4) is 11.8 Å². The maximum Gasteiger partial charge on any atom is 0.143 e. The van der Waals surface area contributed by atoms with Gasteiger partial charge in [0.1, 0.15) is 11.6 Å². The molecule has 0 atom stereocenters. The molecule has 2 rings (SSSR count). The van der Waals surface area contributed by atoms with E-state index in [0.29, 0.717) is 5.56 Å².